The maximum absolute atomic E-state index is 1.88. The molecule has 0 aromatic carbocycles. The van der Waals surface area contributed by atoms with Gasteiger partial charge in [0.1, 0.15) is 0 Å². The van der Waals surface area contributed by atoms with E-state index >= 15 is 0 Å². The highest BCUT2D eigenvalue weighted by molar-refractivity contribution is 5.49. The molecule has 0 spiro atoms. The predicted molar refractivity (Wildman–Crippen MR) is 41.7 cm³/mol. The normalized spacial score (nSPS) is 32.4. The quantitative estimate of drug-likeness (QED) is 0.484. The van der Waals surface area contributed by atoms with E-state index in [4.69, 9.17) is 0 Å². The lowest BCUT2D eigenvalue weighted by Crippen LogP contribution is -1.97. The Labute approximate surface area is 62.3 Å². The average Bonchev–Trinajstić information content (AvgIpc) is 2.35. The van der Waals surface area contributed by atoms with Crippen LogP contribution in [0.15, 0.2) is 11.1 Å². The van der Waals surface area contributed by atoms with Crippen molar-refractivity contribution in [1.82, 2.24) is 0 Å². The van der Waals surface area contributed by atoms with Gasteiger partial charge in [-0.2, -0.15) is 0 Å². The summed E-state index contributed by atoms with van der Waals surface area (Å²) in [6, 6.07) is 0. The zero-order valence-corrected chi connectivity index (χ0v) is 6.40. The van der Waals surface area contributed by atoms with E-state index in [1.807, 2.05) is 11.1 Å². The number of hydrogen-bond donors (Lipinski definition) is 0. The lowest BCUT2D eigenvalue weighted by molar-refractivity contribution is 0.497. The van der Waals surface area contributed by atoms with Crippen molar-refractivity contribution in [3.05, 3.63) is 11.1 Å². The summed E-state index contributed by atoms with van der Waals surface area (Å²) in [6.07, 6.45) is 9.05. The summed E-state index contributed by atoms with van der Waals surface area (Å²) in [7, 11) is 0. The third-order valence-electron chi connectivity index (χ3n) is 3.61. The van der Waals surface area contributed by atoms with Gasteiger partial charge in [0, 0.05) is 5.92 Å². The van der Waals surface area contributed by atoms with Crippen LogP contribution in [0.2, 0.25) is 0 Å². The molecular formula is C10H14. The summed E-state index contributed by atoms with van der Waals surface area (Å²) in [4.78, 5) is 0. The number of allylic oxidation sites excluding steroid dienone is 2. The molecule has 0 saturated heterocycles. The van der Waals surface area contributed by atoms with Crippen molar-refractivity contribution in [1.29, 1.82) is 0 Å². The topological polar surface area (TPSA) is 0 Å². The summed E-state index contributed by atoms with van der Waals surface area (Å²) >= 11 is 0. The minimum absolute atomic E-state index is 1.07. The molecule has 0 aromatic heterocycles. The molecule has 10 heavy (non-hydrogen) atoms. The lowest BCUT2D eigenvalue weighted by atomic mass is 9.99. The minimum Gasteiger partial charge on any atom is -0.0626 e. The van der Waals surface area contributed by atoms with Crippen LogP contribution in [0, 0.1) is 11.8 Å². The Bertz CT molecular complexity index is 180. The molecule has 3 aliphatic carbocycles. The summed E-state index contributed by atoms with van der Waals surface area (Å²) in [5, 5.41) is 0. The second-order valence-electron chi connectivity index (χ2n) is 4.07. The fraction of sp³-hybridized carbons (Fsp3) is 0.800. The predicted octanol–water partition coefficient (Wildman–Crippen LogP) is 2.90. The molecule has 0 radical (unpaired) electrons. The highest BCUT2D eigenvalue weighted by Crippen LogP contribution is 2.60. The molecule has 0 N–H and O–H groups in total. The van der Waals surface area contributed by atoms with Gasteiger partial charge >= 0.3 is 0 Å². The van der Waals surface area contributed by atoms with Crippen LogP contribution in [0.4, 0.5) is 0 Å². The fourth-order valence-corrected chi connectivity index (χ4v) is 2.92. The van der Waals surface area contributed by atoms with Gasteiger partial charge in [-0.05, 0) is 31.6 Å². The number of hydrogen-bond acceptors (Lipinski definition) is 0. The molecule has 0 unspecified atom stereocenters. The zero-order valence-electron chi connectivity index (χ0n) is 6.40. The molecule has 3 rings (SSSR count). The average molecular weight is 134 g/mol. The van der Waals surface area contributed by atoms with Gasteiger partial charge in [0.2, 0.25) is 0 Å². The van der Waals surface area contributed by atoms with E-state index in [0.29, 0.717) is 0 Å². The monoisotopic (exact) mass is 134 g/mol. The van der Waals surface area contributed by atoms with Crippen molar-refractivity contribution in [3.8, 4) is 0 Å². The van der Waals surface area contributed by atoms with Gasteiger partial charge in [-0.15, -0.1) is 0 Å². The SMILES string of the molecule is C1CCC(C2C3=C2CC3)C1. The Morgan fingerprint density at radius 1 is 0.900 bits per heavy atom. The first-order valence-corrected chi connectivity index (χ1v) is 4.68. The highest BCUT2D eigenvalue weighted by atomic mass is 14.5. The summed E-state index contributed by atoms with van der Waals surface area (Å²) in [5.41, 5.74) is 3.76. The van der Waals surface area contributed by atoms with Crippen LogP contribution in [0.25, 0.3) is 0 Å². The van der Waals surface area contributed by atoms with E-state index in [1.165, 1.54) is 38.5 Å². The van der Waals surface area contributed by atoms with Crippen LogP contribution in [0.3, 0.4) is 0 Å². The van der Waals surface area contributed by atoms with Crippen LogP contribution < -0.4 is 0 Å². The molecule has 0 bridgehead atoms. The van der Waals surface area contributed by atoms with Gasteiger partial charge in [0.15, 0.2) is 0 Å². The first kappa shape index (κ1) is 5.40. The Hall–Kier alpha value is -0.260. The fourth-order valence-electron chi connectivity index (χ4n) is 2.92. The first-order valence-electron chi connectivity index (χ1n) is 4.68. The van der Waals surface area contributed by atoms with Gasteiger partial charge in [0.25, 0.3) is 0 Å². The molecular weight excluding hydrogens is 120 g/mol. The Morgan fingerprint density at radius 2 is 1.50 bits per heavy atom. The molecule has 1 saturated carbocycles. The van der Waals surface area contributed by atoms with Crippen LogP contribution in [-0.2, 0) is 0 Å². The van der Waals surface area contributed by atoms with E-state index in [9.17, 15) is 0 Å². The maximum atomic E-state index is 1.88. The third-order valence-corrected chi connectivity index (χ3v) is 3.61. The van der Waals surface area contributed by atoms with Crippen molar-refractivity contribution < 1.29 is 0 Å². The second-order valence-corrected chi connectivity index (χ2v) is 4.07. The van der Waals surface area contributed by atoms with Gasteiger partial charge in [-0.3, -0.25) is 0 Å². The largest absolute Gasteiger partial charge is 0.0626 e. The van der Waals surface area contributed by atoms with Crippen molar-refractivity contribution in [3.63, 3.8) is 0 Å². The molecule has 0 atom stereocenters. The Balaban J connectivity index is 1.69. The smallest absolute Gasteiger partial charge is 0.00412 e. The molecule has 0 nitrogen and oxygen atoms in total. The van der Waals surface area contributed by atoms with E-state index in [-0.39, 0.29) is 0 Å². The van der Waals surface area contributed by atoms with Crippen molar-refractivity contribution in [2.45, 2.75) is 38.5 Å². The lowest BCUT2D eigenvalue weighted by Gasteiger charge is -2.05. The summed E-state index contributed by atoms with van der Waals surface area (Å²) < 4.78 is 0. The Morgan fingerprint density at radius 3 is 2.00 bits per heavy atom. The van der Waals surface area contributed by atoms with E-state index in [0.717, 1.165) is 11.8 Å². The van der Waals surface area contributed by atoms with Gasteiger partial charge in [-0.1, -0.05) is 24.0 Å². The molecule has 0 aromatic rings. The zero-order chi connectivity index (χ0) is 6.55. The van der Waals surface area contributed by atoms with Crippen LogP contribution in [-0.4, -0.2) is 0 Å². The minimum atomic E-state index is 1.07. The first-order chi connectivity index (χ1) is 4.97. The standard InChI is InChI=1S/C10H14/c1-2-4-7(3-1)10-8-5-6-9(8)10/h7,10H,1-6H2. The summed E-state index contributed by atoms with van der Waals surface area (Å²) in [5.74, 6) is 2.19. The molecule has 0 amide bonds. The molecule has 0 heteroatoms. The van der Waals surface area contributed by atoms with Gasteiger partial charge in [-0.25, -0.2) is 0 Å². The van der Waals surface area contributed by atoms with Crippen LogP contribution in [0.1, 0.15) is 38.5 Å². The van der Waals surface area contributed by atoms with E-state index in [2.05, 4.69) is 0 Å². The Kier molecular flexibility index (Phi) is 0.898. The van der Waals surface area contributed by atoms with Crippen LogP contribution >= 0.6 is 0 Å². The van der Waals surface area contributed by atoms with Crippen molar-refractivity contribution >= 4 is 0 Å². The van der Waals surface area contributed by atoms with Gasteiger partial charge in [0.05, 0.1) is 0 Å². The summed E-state index contributed by atoms with van der Waals surface area (Å²) in [6.45, 7) is 0. The van der Waals surface area contributed by atoms with E-state index in [1.54, 1.807) is 0 Å². The second kappa shape index (κ2) is 1.66. The molecule has 3 aliphatic rings. The van der Waals surface area contributed by atoms with Crippen LogP contribution in [0.5, 0.6) is 0 Å². The maximum Gasteiger partial charge on any atom is 0.00412 e. The highest BCUT2D eigenvalue weighted by Gasteiger charge is 2.47. The molecule has 0 heterocycles. The third kappa shape index (κ3) is 0.531. The van der Waals surface area contributed by atoms with Gasteiger partial charge < -0.3 is 0 Å². The molecule has 1 fully saturated rings. The van der Waals surface area contributed by atoms with Crippen molar-refractivity contribution in [2.24, 2.45) is 11.8 Å². The number of rotatable bonds is 1. The molecule has 54 valence electrons. The van der Waals surface area contributed by atoms with E-state index < -0.39 is 0 Å². The van der Waals surface area contributed by atoms with Crippen molar-refractivity contribution in [2.75, 3.05) is 0 Å². The molecule has 0 aliphatic heterocycles.